The van der Waals surface area contributed by atoms with Gasteiger partial charge in [0.05, 0.1) is 5.75 Å². The summed E-state index contributed by atoms with van der Waals surface area (Å²) < 4.78 is 5.81. The van der Waals surface area contributed by atoms with E-state index in [4.69, 9.17) is 4.52 Å². The van der Waals surface area contributed by atoms with Crippen molar-refractivity contribution < 1.29 is 4.52 Å². The van der Waals surface area contributed by atoms with E-state index in [0.29, 0.717) is 23.4 Å². The van der Waals surface area contributed by atoms with Crippen LogP contribution in [0.5, 0.6) is 0 Å². The molecule has 0 saturated heterocycles. The maximum atomic E-state index is 4.90. The van der Waals surface area contributed by atoms with Gasteiger partial charge in [-0.2, -0.15) is 4.98 Å². The van der Waals surface area contributed by atoms with E-state index in [1.54, 1.807) is 30.0 Å². The van der Waals surface area contributed by atoms with Crippen molar-refractivity contribution in [1.82, 2.24) is 20.3 Å². The molecule has 0 aliphatic heterocycles. The third-order valence-corrected chi connectivity index (χ3v) is 3.97. The van der Waals surface area contributed by atoms with Gasteiger partial charge in [-0.3, -0.25) is 0 Å². The molecule has 0 atom stereocenters. The molecule has 1 N–H and O–H groups in total. The average Bonchev–Trinajstić information content (AvgIpc) is 2.93. The van der Waals surface area contributed by atoms with Gasteiger partial charge in [0.1, 0.15) is 0 Å². The Morgan fingerprint density at radius 3 is 2.89 bits per heavy atom. The number of anilines is 1. The molecule has 18 heavy (non-hydrogen) atoms. The van der Waals surface area contributed by atoms with Crippen molar-refractivity contribution in [2.75, 3.05) is 11.9 Å². The van der Waals surface area contributed by atoms with Crippen LogP contribution in [0.1, 0.15) is 25.6 Å². The fraction of sp³-hybridized carbons (Fsp3) is 0.600. The molecule has 0 unspecified atom stereocenters. The topological polar surface area (TPSA) is 76.7 Å². The number of nitrogens with zero attached hydrogens (tertiary/aromatic N) is 4. The van der Waals surface area contributed by atoms with Crippen LogP contribution in [-0.2, 0) is 5.75 Å². The lowest BCUT2D eigenvalue weighted by Gasteiger charge is -2.03. The fourth-order valence-electron chi connectivity index (χ4n) is 1.16. The first kappa shape index (κ1) is 13.3. The van der Waals surface area contributed by atoms with Crippen molar-refractivity contribution in [2.45, 2.75) is 30.9 Å². The number of aromatic nitrogens is 4. The van der Waals surface area contributed by atoms with Gasteiger partial charge in [-0.15, -0.1) is 10.2 Å². The molecule has 2 aromatic heterocycles. The third-order valence-electron chi connectivity index (χ3n) is 1.96. The van der Waals surface area contributed by atoms with Gasteiger partial charge in [0, 0.05) is 13.5 Å². The van der Waals surface area contributed by atoms with Gasteiger partial charge in [-0.1, -0.05) is 42.1 Å². The van der Waals surface area contributed by atoms with E-state index < -0.39 is 0 Å². The second kappa shape index (κ2) is 6.14. The van der Waals surface area contributed by atoms with Crippen molar-refractivity contribution >= 4 is 28.2 Å². The van der Waals surface area contributed by atoms with Crippen LogP contribution in [0.25, 0.3) is 0 Å². The Morgan fingerprint density at radius 1 is 1.39 bits per heavy atom. The Bertz CT molecular complexity index is 496. The summed E-state index contributed by atoms with van der Waals surface area (Å²) in [5, 5.41) is 16.1. The molecule has 0 fully saturated rings. The summed E-state index contributed by atoms with van der Waals surface area (Å²) in [5.41, 5.74) is 0. The van der Waals surface area contributed by atoms with Crippen LogP contribution >= 0.6 is 23.1 Å². The minimum atomic E-state index is 0.585. The number of nitrogens with one attached hydrogen (secondary N) is 1. The maximum absolute atomic E-state index is 4.90. The second-order valence-electron chi connectivity index (χ2n) is 4.17. The molecule has 0 saturated carbocycles. The molecular weight excluding hydrogens is 270 g/mol. The highest BCUT2D eigenvalue weighted by Crippen LogP contribution is 2.27. The van der Waals surface area contributed by atoms with Crippen LogP contribution in [0.2, 0.25) is 0 Å². The molecule has 6 nitrogen and oxygen atoms in total. The van der Waals surface area contributed by atoms with E-state index in [0.717, 1.165) is 16.0 Å². The average molecular weight is 285 g/mol. The van der Waals surface area contributed by atoms with Crippen LogP contribution in [0.15, 0.2) is 8.86 Å². The molecule has 0 aliphatic rings. The highest BCUT2D eigenvalue weighted by molar-refractivity contribution is 8.00. The fourth-order valence-corrected chi connectivity index (χ4v) is 2.76. The van der Waals surface area contributed by atoms with Crippen LogP contribution in [-0.4, -0.2) is 26.9 Å². The van der Waals surface area contributed by atoms with Crippen molar-refractivity contribution in [3.63, 3.8) is 0 Å². The molecule has 0 aromatic carbocycles. The zero-order valence-corrected chi connectivity index (χ0v) is 12.1. The summed E-state index contributed by atoms with van der Waals surface area (Å²) in [4.78, 5) is 4.13. The standard InChI is InChI=1S/C10H15N5OS2/c1-6(2)4-11-9-13-14-10(18-9)17-5-8-12-7(3)16-15-8/h6H,4-5H2,1-3H3,(H,11,13). The van der Waals surface area contributed by atoms with Crippen molar-refractivity contribution in [1.29, 1.82) is 0 Å². The summed E-state index contributed by atoms with van der Waals surface area (Å²) in [6, 6.07) is 0. The third kappa shape index (κ3) is 3.95. The predicted molar refractivity (Wildman–Crippen MR) is 71.8 cm³/mol. The van der Waals surface area contributed by atoms with E-state index in [1.165, 1.54) is 0 Å². The van der Waals surface area contributed by atoms with Gasteiger partial charge in [0.2, 0.25) is 11.0 Å². The first-order valence-electron chi connectivity index (χ1n) is 5.63. The Morgan fingerprint density at radius 2 is 2.22 bits per heavy atom. The van der Waals surface area contributed by atoms with Gasteiger partial charge in [0.25, 0.3) is 0 Å². The van der Waals surface area contributed by atoms with Crippen molar-refractivity contribution in [3.05, 3.63) is 11.7 Å². The zero-order chi connectivity index (χ0) is 13.0. The van der Waals surface area contributed by atoms with Crippen LogP contribution in [0, 0.1) is 12.8 Å². The largest absolute Gasteiger partial charge is 0.360 e. The molecule has 2 aromatic rings. The quantitative estimate of drug-likeness (QED) is 0.817. The Kier molecular flexibility index (Phi) is 4.54. The maximum Gasteiger partial charge on any atom is 0.223 e. The molecule has 0 amide bonds. The highest BCUT2D eigenvalue weighted by atomic mass is 32.2. The molecule has 98 valence electrons. The van der Waals surface area contributed by atoms with Crippen LogP contribution in [0.3, 0.4) is 0 Å². The molecule has 0 aliphatic carbocycles. The molecular formula is C10H15N5OS2. The molecule has 2 rings (SSSR count). The molecule has 0 spiro atoms. The molecule has 0 bridgehead atoms. The Labute approximate surface area is 114 Å². The van der Waals surface area contributed by atoms with Gasteiger partial charge in [-0.05, 0) is 5.92 Å². The summed E-state index contributed by atoms with van der Waals surface area (Å²) >= 11 is 3.11. The van der Waals surface area contributed by atoms with E-state index in [2.05, 4.69) is 39.5 Å². The number of hydrogen-bond acceptors (Lipinski definition) is 8. The highest BCUT2D eigenvalue weighted by Gasteiger charge is 2.08. The lowest BCUT2D eigenvalue weighted by Crippen LogP contribution is -2.07. The van der Waals surface area contributed by atoms with E-state index in [-0.39, 0.29) is 0 Å². The van der Waals surface area contributed by atoms with E-state index in [1.807, 2.05) is 0 Å². The van der Waals surface area contributed by atoms with Crippen molar-refractivity contribution in [3.8, 4) is 0 Å². The normalized spacial score (nSPS) is 11.1. The van der Waals surface area contributed by atoms with Gasteiger partial charge >= 0.3 is 0 Å². The monoisotopic (exact) mass is 285 g/mol. The van der Waals surface area contributed by atoms with Crippen LogP contribution < -0.4 is 5.32 Å². The van der Waals surface area contributed by atoms with Gasteiger partial charge in [-0.25, -0.2) is 0 Å². The first-order valence-corrected chi connectivity index (χ1v) is 7.43. The predicted octanol–water partition coefficient (Wildman–Crippen LogP) is 2.59. The molecule has 2 heterocycles. The van der Waals surface area contributed by atoms with Crippen LogP contribution in [0.4, 0.5) is 5.13 Å². The minimum Gasteiger partial charge on any atom is -0.360 e. The SMILES string of the molecule is Cc1nc(CSc2nnc(NCC(C)C)s2)no1. The zero-order valence-electron chi connectivity index (χ0n) is 10.5. The number of hydrogen-bond donors (Lipinski definition) is 1. The van der Waals surface area contributed by atoms with Gasteiger partial charge in [0.15, 0.2) is 10.2 Å². The number of rotatable bonds is 6. The summed E-state index contributed by atoms with van der Waals surface area (Å²) in [6.07, 6.45) is 0. The summed E-state index contributed by atoms with van der Waals surface area (Å²) in [5.74, 6) is 2.51. The Hall–Kier alpha value is -1.15. The minimum absolute atomic E-state index is 0.585. The van der Waals surface area contributed by atoms with Gasteiger partial charge < -0.3 is 9.84 Å². The Balaban J connectivity index is 1.83. The lowest BCUT2D eigenvalue weighted by atomic mass is 10.2. The number of aryl methyl sites for hydroxylation is 1. The smallest absolute Gasteiger partial charge is 0.223 e. The first-order chi connectivity index (χ1) is 8.63. The van der Waals surface area contributed by atoms with Crippen molar-refractivity contribution in [2.24, 2.45) is 5.92 Å². The summed E-state index contributed by atoms with van der Waals surface area (Å²) in [7, 11) is 0. The molecule has 8 heteroatoms. The molecule has 0 radical (unpaired) electrons. The second-order valence-corrected chi connectivity index (χ2v) is 6.37. The number of thioether (sulfide) groups is 1. The van der Waals surface area contributed by atoms with E-state index >= 15 is 0 Å². The van der Waals surface area contributed by atoms with E-state index in [9.17, 15) is 0 Å². The summed E-state index contributed by atoms with van der Waals surface area (Å²) in [6.45, 7) is 6.99. The lowest BCUT2D eigenvalue weighted by molar-refractivity contribution is 0.389.